The van der Waals surface area contributed by atoms with E-state index in [1.165, 1.54) is 6.54 Å². The second-order valence-electron chi connectivity index (χ2n) is 6.32. The Labute approximate surface area is 91.2 Å². The summed E-state index contributed by atoms with van der Waals surface area (Å²) in [6.45, 7) is 6.78. The molecule has 15 heavy (non-hydrogen) atoms. The Kier molecular flexibility index (Phi) is 1.91. The molecule has 0 radical (unpaired) electrons. The highest BCUT2D eigenvalue weighted by atomic mass is 16.2. The lowest BCUT2D eigenvalue weighted by molar-refractivity contribution is -0.126. The van der Waals surface area contributed by atoms with Gasteiger partial charge in [-0.2, -0.15) is 0 Å². The van der Waals surface area contributed by atoms with E-state index in [9.17, 15) is 4.79 Å². The lowest BCUT2D eigenvalue weighted by Crippen LogP contribution is -2.50. The normalized spacial score (nSPS) is 41.9. The molecule has 3 aliphatic rings. The van der Waals surface area contributed by atoms with Crippen LogP contribution in [0.2, 0.25) is 0 Å². The van der Waals surface area contributed by atoms with Crippen LogP contribution in [-0.4, -0.2) is 36.0 Å². The molecule has 1 saturated carbocycles. The Morgan fingerprint density at radius 2 is 2.07 bits per heavy atom. The predicted molar refractivity (Wildman–Crippen MR) is 58.4 cm³/mol. The SMILES string of the molecule is CC1(C)CC(NC(=O)C2CC3CN3C2)C1. The van der Waals surface area contributed by atoms with Gasteiger partial charge in [-0.05, 0) is 24.7 Å². The highest BCUT2D eigenvalue weighted by molar-refractivity contribution is 5.80. The number of hydrogen-bond acceptors (Lipinski definition) is 2. The predicted octanol–water partition coefficient (Wildman–Crippen LogP) is 0.995. The van der Waals surface area contributed by atoms with Crippen LogP contribution in [-0.2, 0) is 4.79 Å². The molecule has 3 unspecified atom stereocenters. The lowest BCUT2D eigenvalue weighted by Gasteiger charge is -2.43. The van der Waals surface area contributed by atoms with Crippen molar-refractivity contribution in [3.8, 4) is 0 Å². The zero-order valence-corrected chi connectivity index (χ0v) is 9.62. The third-order valence-electron chi connectivity index (χ3n) is 4.15. The van der Waals surface area contributed by atoms with E-state index >= 15 is 0 Å². The van der Waals surface area contributed by atoms with Crippen molar-refractivity contribution in [3.05, 3.63) is 0 Å². The molecular weight excluding hydrogens is 188 g/mol. The van der Waals surface area contributed by atoms with E-state index in [2.05, 4.69) is 24.1 Å². The van der Waals surface area contributed by atoms with Crippen molar-refractivity contribution < 1.29 is 4.79 Å². The lowest BCUT2D eigenvalue weighted by atomic mass is 9.68. The fourth-order valence-electron chi connectivity index (χ4n) is 3.24. The fraction of sp³-hybridized carbons (Fsp3) is 0.917. The van der Waals surface area contributed by atoms with Crippen LogP contribution in [0.1, 0.15) is 33.1 Å². The van der Waals surface area contributed by atoms with Crippen molar-refractivity contribution in [1.29, 1.82) is 0 Å². The van der Waals surface area contributed by atoms with Crippen molar-refractivity contribution in [2.24, 2.45) is 11.3 Å². The van der Waals surface area contributed by atoms with Crippen LogP contribution in [0, 0.1) is 11.3 Å². The first-order valence-electron chi connectivity index (χ1n) is 6.08. The van der Waals surface area contributed by atoms with E-state index in [1.54, 1.807) is 0 Å². The smallest absolute Gasteiger partial charge is 0.224 e. The summed E-state index contributed by atoms with van der Waals surface area (Å²) in [5, 5.41) is 3.19. The molecule has 2 aliphatic heterocycles. The molecule has 0 bridgehead atoms. The van der Waals surface area contributed by atoms with Gasteiger partial charge in [-0.3, -0.25) is 9.69 Å². The summed E-state index contributed by atoms with van der Waals surface area (Å²) in [4.78, 5) is 14.3. The van der Waals surface area contributed by atoms with Gasteiger partial charge in [-0.15, -0.1) is 0 Å². The summed E-state index contributed by atoms with van der Waals surface area (Å²) < 4.78 is 0. The number of rotatable bonds is 2. The molecule has 0 aromatic rings. The molecule has 3 atom stereocenters. The number of piperidine rings is 1. The number of fused-ring (bicyclic) bond motifs is 1. The van der Waals surface area contributed by atoms with Crippen molar-refractivity contribution in [1.82, 2.24) is 10.2 Å². The van der Waals surface area contributed by atoms with Gasteiger partial charge in [0.25, 0.3) is 0 Å². The molecule has 3 heteroatoms. The Morgan fingerprint density at radius 3 is 2.60 bits per heavy atom. The Bertz CT molecular complexity index is 282. The fourth-order valence-corrected chi connectivity index (χ4v) is 3.24. The van der Waals surface area contributed by atoms with Gasteiger partial charge < -0.3 is 5.32 Å². The third-order valence-corrected chi connectivity index (χ3v) is 4.15. The summed E-state index contributed by atoms with van der Waals surface area (Å²) >= 11 is 0. The molecule has 3 rings (SSSR count). The number of nitrogens with one attached hydrogen (secondary N) is 1. The summed E-state index contributed by atoms with van der Waals surface area (Å²) in [7, 11) is 0. The standard InChI is InChI=1S/C12H20N2O/c1-12(2)4-9(5-12)13-11(15)8-3-10-7-14(10)6-8/h8-10H,3-7H2,1-2H3,(H,13,15). The molecule has 2 saturated heterocycles. The largest absolute Gasteiger partial charge is 0.353 e. The Balaban J connectivity index is 1.46. The average Bonchev–Trinajstić information content (AvgIpc) is 2.70. The van der Waals surface area contributed by atoms with Crippen molar-refractivity contribution in [3.63, 3.8) is 0 Å². The topological polar surface area (TPSA) is 32.1 Å². The Hall–Kier alpha value is -0.570. The minimum Gasteiger partial charge on any atom is -0.353 e. The monoisotopic (exact) mass is 208 g/mol. The minimum atomic E-state index is 0.285. The molecule has 1 aliphatic carbocycles. The molecule has 0 aromatic heterocycles. The molecule has 84 valence electrons. The van der Waals surface area contributed by atoms with Gasteiger partial charge >= 0.3 is 0 Å². The quantitative estimate of drug-likeness (QED) is 0.686. The van der Waals surface area contributed by atoms with E-state index < -0.39 is 0 Å². The summed E-state index contributed by atoms with van der Waals surface area (Å²) in [5.74, 6) is 0.593. The van der Waals surface area contributed by atoms with Crippen LogP contribution < -0.4 is 5.32 Å². The second-order valence-corrected chi connectivity index (χ2v) is 6.32. The molecule has 1 amide bonds. The van der Waals surface area contributed by atoms with E-state index in [0.717, 1.165) is 31.8 Å². The first kappa shape index (κ1) is 9.64. The van der Waals surface area contributed by atoms with Crippen molar-refractivity contribution >= 4 is 5.91 Å². The number of hydrogen-bond donors (Lipinski definition) is 1. The van der Waals surface area contributed by atoms with E-state index in [1.807, 2.05) is 0 Å². The van der Waals surface area contributed by atoms with Crippen LogP contribution in [0.4, 0.5) is 0 Å². The van der Waals surface area contributed by atoms with Crippen molar-refractivity contribution in [2.75, 3.05) is 13.1 Å². The van der Waals surface area contributed by atoms with Gasteiger partial charge in [0.1, 0.15) is 0 Å². The highest BCUT2D eigenvalue weighted by Crippen LogP contribution is 2.40. The molecule has 2 heterocycles. The minimum absolute atomic E-state index is 0.285. The van der Waals surface area contributed by atoms with Gasteiger partial charge in [0.05, 0.1) is 5.92 Å². The van der Waals surface area contributed by atoms with Crippen LogP contribution in [0.5, 0.6) is 0 Å². The van der Waals surface area contributed by atoms with Crippen molar-refractivity contribution in [2.45, 2.75) is 45.2 Å². The van der Waals surface area contributed by atoms with E-state index in [4.69, 9.17) is 0 Å². The first-order chi connectivity index (χ1) is 7.03. The third kappa shape index (κ3) is 1.78. The van der Waals surface area contributed by atoms with Crippen LogP contribution in [0.15, 0.2) is 0 Å². The molecule has 1 N–H and O–H groups in total. The van der Waals surface area contributed by atoms with Gasteiger partial charge in [0, 0.05) is 25.2 Å². The van der Waals surface area contributed by atoms with Gasteiger partial charge in [0.2, 0.25) is 5.91 Å². The Morgan fingerprint density at radius 1 is 1.33 bits per heavy atom. The van der Waals surface area contributed by atoms with Crippen LogP contribution in [0.3, 0.4) is 0 Å². The zero-order chi connectivity index (χ0) is 10.6. The zero-order valence-electron chi connectivity index (χ0n) is 9.62. The van der Waals surface area contributed by atoms with E-state index in [-0.39, 0.29) is 5.92 Å². The molecule has 3 nitrogen and oxygen atoms in total. The number of nitrogens with zero attached hydrogens (tertiary/aromatic N) is 1. The van der Waals surface area contributed by atoms with Gasteiger partial charge in [0.15, 0.2) is 0 Å². The van der Waals surface area contributed by atoms with Crippen LogP contribution >= 0.6 is 0 Å². The molecular formula is C12H20N2O. The number of carbonyl (C=O) groups excluding carboxylic acids is 1. The maximum atomic E-state index is 11.9. The second kappa shape index (κ2) is 2.97. The highest BCUT2D eigenvalue weighted by Gasteiger charge is 2.47. The summed E-state index contributed by atoms with van der Waals surface area (Å²) in [5.41, 5.74) is 0.458. The first-order valence-corrected chi connectivity index (χ1v) is 6.08. The summed E-state index contributed by atoms with van der Waals surface area (Å²) in [6, 6.07) is 1.21. The number of amides is 1. The summed E-state index contributed by atoms with van der Waals surface area (Å²) in [6.07, 6.45) is 3.40. The van der Waals surface area contributed by atoms with Gasteiger partial charge in [-0.1, -0.05) is 13.8 Å². The molecule has 0 aromatic carbocycles. The maximum Gasteiger partial charge on any atom is 0.224 e. The molecule has 0 spiro atoms. The molecule has 3 fully saturated rings. The average molecular weight is 208 g/mol. The van der Waals surface area contributed by atoms with Gasteiger partial charge in [-0.25, -0.2) is 0 Å². The van der Waals surface area contributed by atoms with Crippen LogP contribution in [0.25, 0.3) is 0 Å². The number of carbonyl (C=O) groups is 1. The van der Waals surface area contributed by atoms with E-state index in [0.29, 0.717) is 17.4 Å². The maximum absolute atomic E-state index is 11.9.